The van der Waals surface area contributed by atoms with E-state index in [0.29, 0.717) is 48.3 Å². The van der Waals surface area contributed by atoms with Crippen molar-refractivity contribution in [3.63, 3.8) is 0 Å². The van der Waals surface area contributed by atoms with Crippen LogP contribution in [0.1, 0.15) is 23.9 Å². The van der Waals surface area contributed by atoms with E-state index in [0.717, 1.165) is 22.0 Å². The van der Waals surface area contributed by atoms with Crippen LogP contribution in [0, 0.1) is 0 Å². The molecule has 0 atom stereocenters. The number of nitrogens with one attached hydrogen (secondary N) is 2. The predicted molar refractivity (Wildman–Crippen MR) is 116 cm³/mol. The Labute approximate surface area is 173 Å². The van der Waals surface area contributed by atoms with E-state index in [2.05, 4.69) is 30.5 Å². The second kappa shape index (κ2) is 8.58. The number of nitrogens with two attached hydrogens (primary N) is 1. The number of rotatable bonds is 7. The quantitative estimate of drug-likeness (QED) is 0.284. The normalized spacial score (nSPS) is 11.1. The second-order valence-corrected chi connectivity index (χ2v) is 6.84. The van der Waals surface area contributed by atoms with Crippen molar-refractivity contribution in [2.45, 2.75) is 26.4 Å². The Balaban J connectivity index is 1.65. The van der Waals surface area contributed by atoms with Crippen LogP contribution in [0.4, 0.5) is 5.95 Å². The molecule has 9 nitrogen and oxygen atoms in total. The van der Waals surface area contributed by atoms with Crippen LogP contribution in [-0.2, 0) is 19.5 Å². The van der Waals surface area contributed by atoms with Gasteiger partial charge in [0.2, 0.25) is 5.95 Å². The molecule has 0 spiro atoms. The van der Waals surface area contributed by atoms with Crippen molar-refractivity contribution in [1.29, 1.82) is 0 Å². The Morgan fingerprint density at radius 1 is 1.10 bits per heavy atom. The van der Waals surface area contributed by atoms with Gasteiger partial charge in [-0.2, -0.15) is 15.1 Å². The van der Waals surface area contributed by atoms with E-state index < -0.39 is 7.12 Å². The lowest BCUT2D eigenvalue weighted by molar-refractivity contribution is 0.425. The van der Waals surface area contributed by atoms with Crippen molar-refractivity contribution in [1.82, 2.24) is 25.1 Å². The van der Waals surface area contributed by atoms with Crippen molar-refractivity contribution in [3.8, 4) is 11.5 Å². The van der Waals surface area contributed by atoms with Gasteiger partial charge in [-0.15, -0.1) is 0 Å². The molecular formula is C20H22BN7O2. The van der Waals surface area contributed by atoms with Crippen LogP contribution in [0.5, 0.6) is 0 Å². The number of anilines is 1. The first-order valence-electron chi connectivity index (χ1n) is 9.69. The van der Waals surface area contributed by atoms with Crippen LogP contribution in [0.15, 0.2) is 42.5 Å². The van der Waals surface area contributed by atoms with Gasteiger partial charge in [0.25, 0.3) is 0 Å². The van der Waals surface area contributed by atoms with Gasteiger partial charge in [0.1, 0.15) is 11.5 Å². The van der Waals surface area contributed by atoms with Crippen LogP contribution in [0.2, 0.25) is 0 Å². The average Bonchev–Trinajstić information content (AvgIpc) is 3.22. The molecule has 30 heavy (non-hydrogen) atoms. The monoisotopic (exact) mass is 403 g/mol. The molecule has 0 bridgehead atoms. The third kappa shape index (κ3) is 4.01. The SMILES string of the molecule is CCc1nc(NCc2cccc(B(O)O)c2)nc(-c2[nH]nc3c(CN)cccc23)n1. The molecule has 4 aromatic rings. The third-order valence-electron chi connectivity index (χ3n) is 4.81. The number of hydrogen-bond donors (Lipinski definition) is 5. The van der Waals surface area contributed by atoms with Crippen LogP contribution in [0.3, 0.4) is 0 Å². The lowest BCUT2D eigenvalue weighted by atomic mass is 9.80. The summed E-state index contributed by atoms with van der Waals surface area (Å²) in [6.45, 7) is 2.80. The molecule has 0 amide bonds. The Bertz CT molecular complexity index is 1180. The zero-order valence-corrected chi connectivity index (χ0v) is 16.5. The molecule has 10 heteroatoms. The number of aryl methyl sites for hydroxylation is 1. The third-order valence-corrected chi connectivity index (χ3v) is 4.81. The first kappa shape index (κ1) is 20.0. The number of nitrogens with zero attached hydrogens (tertiary/aromatic N) is 4. The van der Waals surface area contributed by atoms with Crippen LogP contribution in [-0.4, -0.2) is 42.3 Å². The molecule has 152 valence electrons. The maximum absolute atomic E-state index is 9.35. The highest BCUT2D eigenvalue weighted by molar-refractivity contribution is 6.58. The summed E-state index contributed by atoms with van der Waals surface area (Å²) < 4.78 is 0. The molecule has 6 N–H and O–H groups in total. The number of aromatic amines is 1. The van der Waals surface area contributed by atoms with Gasteiger partial charge in [-0.1, -0.05) is 49.4 Å². The van der Waals surface area contributed by atoms with E-state index in [1.54, 1.807) is 18.2 Å². The fourth-order valence-electron chi connectivity index (χ4n) is 3.25. The summed E-state index contributed by atoms with van der Waals surface area (Å²) in [7, 11) is -1.51. The molecule has 0 aliphatic carbocycles. The van der Waals surface area contributed by atoms with Gasteiger partial charge < -0.3 is 21.1 Å². The topological polar surface area (TPSA) is 146 Å². The summed E-state index contributed by atoms with van der Waals surface area (Å²) in [5.41, 5.74) is 9.60. The highest BCUT2D eigenvalue weighted by atomic mass is 16.4. The summed E-state index contributed by atoms with van der Waals surface area (Å²) in [4.78, 5) is 13.6. The van der Waals surface area contributed by atoms with Crippen LogP contribution >= 0.6 is 0 Å². The fraction of sp³-hybridized carbons (Fsp3) is 0.200. The minimum Gasteiger partial charge on any atom is -0.423 e. The van der Waals surface area contributed by atoms with E-state index in [9.17, 15) is 10.0 Å². The molecule has 0 fully saturated rings. The number of hydrogen-bond acceptors (Lipinski definition) is 8. The first-order chi connectivity index (χ1) is 14.6. The maximum Gasteiger partial charge on any atom is 0.488 e. The van der Waals surface area contributed by atoms with Crippen LogP contribution < -0.4 is 16.5 Å². The molecule has 0 aliphatic rings. The van der Waals surface area contributed by atoms with Crippen LogP contribution in [0.25, 0.3) is 22.4 Å². The summed E-state index contributed by atoms with van der Waals surface area (Å²) in [6.07, 6.45) is 0.649. The number of para-hydroxylation sites is 1. The predicted octanol–water partition coefficient (Wildman–Crippen LogP) is 0.728. The molecule has 0 aliphatic heterocycles. The zero-order chi connectivity index (χ0) is 21.1. The average molecular weight is 403 g/mol. The Kier molecular flexibility index (Phi) is 5.71. The standard InChI is InChI=1S/C20H22BN7O2/c1-2-16-24-19(18-15-8-4-6-13(10-22)17(15)27-28-18)26-20(25-16)23-11-12-5-3-7-14(9-12)21(29)30/h3-9,29-30H,2,10-11,22H2,1H3,(H,27,28)(H,23,24,25,26). The molecule has 0 saturated heterocycles. The van der Waals surface area contributed by atoms with Crippen molar-refractivity contribution in [3.05, 3.63) is 59.4 Å². The van der Waals surface area contributed by atoms with E-state index in [1.807, 2.05) is 31.2 Å². The van der Waals surface area contributed by atoms with E-state index in [-0.39, 0.29) is 0 Å². The van der Waals surface area contributed by atoms with E-state index >= 15 is 0 Å². The first-order valence-corrected chi connectivity index (χ1v) is 9.69. The Morgan fingerprint density at radius 2 is 1.93 bits per heavy atom. The largest absolute Gasteiger partial charge is 0.488 e. The Hall–Kier alpha value is -3.34. The van der Waals surface area contributed by atoms with Crippen molar-refractivity contribution < 1.29 is 10.0 Å². The lowest BCUT2D eigenvalue weighted by Crippen LogP contribution is -2.30. The molecular weight excluding hydrogens is 381 g/mol. The maximum atomic E-state index is 9.35. The lowest BCUT2D eigenvalue weighted by Gasteiger charge is -2.09. The van der Waals surface area contributed by atoms with E-state index in [4.69, 9.17) is 5.73 Å². The van der Waals surface area contributed by atoms with Gasteiger partial charge in [-0.05, 0) is 16.6 Å². The summed E-state index contributed by atoms with van der Waals surface area (Å²) in [6, 6.07) is 12.9. The smallest absolute Gasteiger partial charge is 0.423 e. The molecule has 0 unspecified atom stereocenters. The number of benzene rings is 2. The van der Waals surface area contributed by atoms with Crippen molar-refractivity contribution in [2.75, 3.05) is 5.32 Å². The fourth-order valence-corrected chi connectivity index (χ4v) is 3.25. The molecule has 2 aromatic carbocycles. The minimum atomic E-state index is -1.51. The van der Waals surface area contributed by atoms with Crippen molar-refractivity contribution >= 4 is 29.4 Å². The van der Waals surface area contributed by atoms with Gasteiger partial charge in [-0.3, -0.25) is 5.10 Å². The van der Waals surface area contributed by atoms with Gasteiger partial charge in [0.05, 0.1) is 5.52 Å². The van der Waals surface area contributed by atoms with Crippen molar-refractivity contribution in [2.24, 2.45) is 5.73 Å². The summed E-state index contributed by atoms with van der Waals surface area (Å²) in [5.74, 6) is 1.59. The molecule has 0 radical (unpaired) electrons. The molecule has 2 heterocycles. The molecule has 2 aromatic heterocycles. The highest BCUT2D eigenvalue weighted by Gasteiger charge is 2.15. The number of aromatic nitrogens is 5. The van der Waals surface area contributed by atoms with Gasteiger partial charge in [0, 0.05) is 24.9 Å². The second-order valence-electron chi connectivity index (χ2n) is 6.84. The van der Waals surface area contributed by atoms with Gasteiger partial charge >= 0.3 is 7.12 Å². The van der Waals surface area contributed by atoms with Gasteiger partial charge in [-0.25, -0.2) is 4.98 Å². The van der Waals surface area contributed by atoms with Gasteiger partial charge in [0.15, 0.2) is 5.82 Å². The number of fused-ring (bicyclic) bond motifs is 1. The highest BCUT2D eigenvalue weighted by Crippen LogP contribution is 2.26. The zero-order valence-electron chi connectivity index (χ0n) is 16.5. The summed E-state index contributed by atoms with van der Waals surface area (Å²) >= 11 is 0. The van der Waals surface area contributed by atoms with E-state index in [1.165, 1.54) is 0 Å². The Morgan fingerprint density at radius 3 is 2.70 bits per heavy atom. The molecule has 0 saturated carbocycles. The summed E-state index contributed by atoms with van der Waals surface area (Å²) in [5, 5.41) is 30.2. The number of H-pyrrole nitrogens is 1. The minimum absolute atomic E-state index is 0.396. The molecule has 4 rings (SSSR count).